The maximum absolute atomic E-state index is 12.8. The minimum Gasteiger partial charge on any atom is -0.481 e. The highest BCUT2D eigenvalue weighted by molar-refractivity contribution is 5.67. The quantitative estimate of drug-likeness (QED) is 0.839. The van der Waals surface area contributed by atoms with Crippen LogP contribution in [0.1, 0.15) is 26.7 Å². The molecule has 0 bridgehead atoms. The van der Waals surface area contributed by atoms with Gasteiger partial charge in [-0.15, -0.1) is 0 Å². The largest absolute Gasteiger partial charge is 0.481 e. The molecule has 0 amide bonds. The summed E-state index contributed by atoms with van der Waals surface area (Å²) in [4.78, 5) is 11.8. The number of likely N-dealkylation sites (tertiary alicyclic amines) is 1. The highest BCUT2D eigenvalue weighted by Gasteiger charge is 2.46. The molecule has 0 aromatic rings. The smallest absolute Gasteiger partial charge is 0.404 e. The summed E-state index contributed by atoms with van der Waals surface area (Å²) in [5, 5.41) is 8.58. The highest BCUT2D eigenvalue weighted by Crippen LogP contribution is 2.32. The summed E-state index contributed by atoms with van der Waals surface area (Å²) in [6.07, 6.45) is -4.45. The number of hydrogen-bond acceptors (Lipinski definition) is 2. The van der Waals surface area contributed by atoms with E-state index in [0.717, 1.165) is 6.42 Å². The second-order valence-corrected chi connectivity index (χ2v) is 5.06. The van der Waals surface area contributed by atoms with Crippen LogP contribution in [0.25, 0.3) is 0 Å². The second kappa shape index (κ2) is 5.25. The molecule has 1 rings (SSSR count). The van der Waals surface area contributed by atoms with E-state index in [9.17, 15) is 18.0 Å². The number of piperidine rings is 1. The fourth-order valence-corrected chi connectivity index (χ4v) is 2.58. The highest BCUT2D eigenvalue weighted by atomic mass is 19.4. The number of rotatable bonds is 3. The fraction of sp³-hybridized carbons (Fsp3) is 0.909. The Hall–Kier alpha value is -0.780. The van der Waals surface area contributed by atoms with E-state index in [0.29, 0.717) is 13.1 Å². The predicted octanol–water partition coefficient (Wildman–Crippen LogP) is 2.37. The molecule has 0 saturated carbocycles. The summed E-state index contributed by atoms with van der Waals surface area (Å²) in [6.45, 7) is 4.44. The van der Waals surface area contributed by atoms with Crippen molar-refractivity contribution in [2.75, 3.05) is 13.1 Å². The molecule has 1 heterocycles. The number of carboxylic acids is 1. The average molecular weight is 253 g/mol. The van der Waals surface area contributed by atoms with E-state index in [1.165, 1.54) is 4.90 Å². The fourth-order valence-electron chi connectivity index (χ4n) is 2.58. The monoisotopic (exact) mass is 253 g/mol. The number of hydrogen-bond donors (Lipinski definition) is 1. The molecule has 1 N–H and O–H groups in total. The maximum Gasteiger partial charge on any atom is 0.404 e. The standard InChI is InChI=1S/C11H18F3NO2/c1-7-3-8(2)6-15(5-7)9(4-10(16)17)11(12,13)14/h7-9H,3-6H2,1-2H3,(H,16,17). The van der Waals surface area contributed by atoms with Crippen molar-refractivity contribution in [3.63, 3.8) is 0 Å². The van der Waals surface area contributed by atoms with Gasteiger partial charge in [0.2, 0.25) is 0 Å². The summed E-state index contributed by atoms with van der Waals surface area (Å²) in [6, 6.07) is -1.86. The first-order valence-corrected chi connectivity index (χ1v) is 5.72. The Morgan fingerprint density at radius 2 is 1.82 bits per heavy atom. The van der Waals surface area contributed by atoms with Crippen LogP contribution in [-0.4, -0.2) is 41.3 Å². The molecule has 3 nitrogen and oxygen atoms in total. The van der Waals surface area contributed by atoms with Crippen molar-refractivity contribution >= 4 is 5.97 Å². The molecular weight excluding hydrogens is 235 g/mol. The SMILES string of the molecule is CC1CC(C)CN(C(CC(=O)O)C(F)(F)F)C1. The molecule has 1 fully saturated rings. The topological polar surface area (TPSA) is 40.5 Å². The minimum absolute atomic E-state index is 0.178. The van der Waals surface area contributed by atoms with E-state index in [4.69, 9.17) is 5.11 Å². The van der Waals surface area contributed by atoms with Crippen molar-refractivity contribution in [2.24, 2.45) is 11.8 Å². The predicted molar refractivity (Wildman–Crippen MR) is 56.6 cm³/mol. The van der Waals surface area contributed by atoms with Gasteiger partial charge in [0.25, 0.3) is 0 Å². The van der Waals surface area contributed by atoms with Gasteiger partial charge in [-0.3, -0.25) is 9.69 Å². The lowest BCUT2D eigenvalue weighted by Gasteiger charge is -2.40. The molecule has 6 heteroatoms. The Balaban J connectivity index is 2.78. The van der Waals surface area contributed by atoms with Crippen LogP contribution < -0.4 is 0 Å². The molecule has 3 atom stereocenters. The molecule has 1 aliphatic heterocycles. The lowest BCUT2D eigenvalue weighted by atomic mass is 9.90. The van der Waals surface area contributed by atoms with Gasteiger partial charge in [-0.05, 0) is 18.3 Å². The molecule has 1 saturated heterocycles. The van der Waals surface area contributed by atoms with Crippen molar-refractivity contribution < 1.29 is 23.1 Å². The van der Waals surface area contributed by atoms with Gasteiger partial charge >= 0.3 is 12.1 Å². The van der Waals surface area contributed by atoms with Crippen molar-refractivity contribution in [3.8, 4) is 0 Å². The Labute approximate surface area is 98.6 Å². The van der Waals surface area contributed by atoms with Gasteiger partial charge in [0, 0.05) is 13.1 Å². The zero-order valence-electron chi connectivity index (χ0n) is 10.00. The normalized spacial score (nSPS) is 29.0. The molecule has 100 valence electrons. The third kappa shape index (κ3) is 4.18. The van der Waals surface area contributed by atoms with E-state index in [1.54, 1.807) is 0 Å². The molecule has 0 aliphatic carbocycles. The molecule has 0 aromatic carbocycles. The van der Waals surface area contributed by atoms with E-state index in [-0.39, 0.29) is 11.8 Å². The van der Waals surface area contributed by atoms with Crippen LogP contribution in [0.5, 0.6) is 0 Å². The van der Waals surface area contributed by atoms with Crippen LogP contribution in [-0.2, 0) is 4.79 Å². The van der Waals surface area contributed by atoms with Crippen molar-refractivity contribution in [3.05, 3.63) is 0 Å². The van der Waals surface area contributed by atoms with Crippen molar-refractivity contribution in [1.29, 1.82) is 0 Å². The van der Waals surface area contributed by atoms with Gasteiger partial charge in [0.05, 0.1) is 6.42 Å². The number of carboxylic acid groups (broad SMARTS) is 1. The zero-order chi connectivity index (χ0) is 13.2. The van der Waals surface area contributed by atoms with Crippen LogP contribution in [0.15, 0.2) is 0 Å². The van der Waals surface area contributed by atoms with Gasteiger partial charge in [-0.2, -0.15) is 13.2 Å². The van der Waals surface area contributed by atoms with Crippen LogP contribution in [0.3, 0.4) is 0 Å². The van der Waals surface area contributed by atoms with Crippen LogP contribution >= 0.6 is 0 Å². The van der Waals surface area contributed by atoms with Gasteiger partial charge in [0.1, 0.15) is 6.04 Å². The molecule has 17 heavy (non-hydrogen) atoms. The Morgan fingerprint density at radius 3 is 2.18 bits per heavy atom. The molecule has 0 spiro atoms. The molecule has 0 aromatic heterocycles. The van der Waals surface area contributed by atoms with Crippen LogP contribution in [0.4, 0.5) is 13.2 Å². The van der Waals surface area contributed by atoms with Gasteiger partial charge in [0.15, 0.2) is 0 Å². The van der Waals surface area contributed by atoms with E-state index < -0.39 is 24.6 Å². The summed E-state index contributed by atoms with van der Waals surface area (Å²) in [7, 11) is 0. The van der Waals surface area contributed by atoms with Gasteiger partial charge in [-0.25, -0.2) is 0 Å². The Bertz CT molecular complexity index is 270. The van der Waals surface area contributed by atoms with E-state index in [2.05, 4.69) is 0 Å². The zero-order valence-corrected chi connectivity index (χ0v) is 10.00. The van der Waals surface area contributed by atoms with Crippen LogP contribution in [0.2, 0.25) is 0 Å². The van der Waals surface area contributed by atoms with Crippen molar-refractivity contribution in [1.82, 2.24) is 4.90 Å². The minimum atomic E-state index is -4.48. The summed E-state index contributed by atoms with van der Waals surface area (Å²) in [5.74, 6) is -1.05. The number of alkyl halides is 3. The van der Waals surface area contributed by atoms with Crippen LogP contribution in [0, 0.1) is 11.8 Å². The third-order valence-electron chi connectivity index (χ3n) is 3.08. The van der Waals surface area contributed by atoms with E-state index >= 15 is 0 Å². The summed E-state index contributed by atoms with van der Waals surface area (Å²) in [5.41, 5.74) is 0. The number of carbonyl (C=O) groups is 1. The second-order valence-electron chi connectivity index (χ2n) is 5.06. The van der Waals surface area contributed by atoms with E-state index in [1.807, 2.05) is 13.8 Å². The molecule has 0 radical (unpaired) electrons. The Kier molecular flexibility index (Phi) is 4.41. The number of halogens is 3. The van der Waals surface area contributed by atoms with Crippen molar-refractivity contribution in [2.45, 2.75) is 38.9 Å². The lowest BCUT2D eigenvalue weighted by Crippen LogP contribution is -2.52. The average Bonchev–Trinajstić information content (AvgIpc) is 2.10. The molecule has 3 unspecified atom stereocenters. The summed E-state index contributed by atoms with van der Waals surface area (Å²) >= 11 is 0. The first kappa shape index (κ1) is 14.3. The molecular formula is C11H18F3NO2. The molecule has 1 aliphatic rings. The Morgan fingerprint density at radius 1 is 1.35 bits per heavy atom. The lowest BCUT2D eigenvalue weighted by molar-refractivity contribution is -0.196. The third-order valence-corrected chi connectivity index (χ3v) is 3.08. The summed E-state index contributed by atoms with van der Waals surface area (Å²) < 4.78 is 38.4. The first-order valence-electron chi connectivity index (χ1n) is 5.72. The number of nitrogens with zero attached hydrogens (tertiary/aromatic N) is 1. The maximum atomic E-state index is 12.8. The first-order chi connectivity index (χ1) is 7.70. The van der Waals surface area contributed by atoms with Gasteiger partial charge < -0.3 is 5.11 Å². The van der Waals surface area contributed by atoms with Gasteiger partial charge in [-0.1, -0.05) is 13.8 Å². The number of aliphatic carboxylic acids is 1.